The van der Waals surface area contributed by atoms with E-state index in [0.29, 0.717) is 17.2 Å². The van der Waals surface area contributed by atoms with Crippen LogP contribution < -0.4 is 10.6 Å². The van der Waals surface area contributed by atoms with Crippen LogP contribution in [0, 0.1) is 0 Å². The average molecular weight is 282 g/mol. The van der Waals surface area contributed by atoms with Crippen molar-refractivity contribution in [2.75, 3.05) is 10.6 Å². The lowest BCUT2D eigenvalue weighted by molar-refractivity contribution is 0.102. The molecule has 2 aromatic heterocycles. The van der Waals surface area contributed by atoms with Gasteiger partial charge in [0.05, 0.1) is 0 Å². The normalized spacial score (nSPS) is 10.1. The van der Waals surface area contributed by atoms with E-state index < -0.39 is 0 Å². The number of aromatic nitrogens is 6. The van der Waals surface area contributed by atoms with Gasteiger partial charge in [0.2, 0.25) is 5.95 Å². The van der Waals surface area contributed by atoms with Crippen LogP contribution in [0.25, 0.3) is 0 Å². The second-order valence-electron chi connectivity index (χ2n) is 3.97. The molecule has 1 aromatic carbocycles. The molecule has 0 aliphatic heterocycles. The summed E-state index contributed by atoms with van der Waals surface area (Å²) < 4.78 is 0. The van der Waals surface area contributed by atoms with Crippen LogP contribution in [0.5, 0.6) is 0 Å². The summed E-state index contributed by atoms with van der Waals surface area (Å²) in [6, 6.07) is 8.62. The fourth-order valence-electron chi connectivity index (χ4n) is 1.62. The van der Waals surface area contributed by atoms with Gasteiger partial charge in [0.15, 0.2) is 0 Å². The lowest BCUT2D eigenvalue weighted by Gasteiger charge is -2.06. The van der Waals surface area contributed by atoms with Gasteiger partial charge in [-0.05, 0) is 29.5 Å². The molecule has 0 spiro atoms. The largest absolute Gasteiger partial charge is 0.324 e. The summed E-state index contributed by atoms with van der Waals surface area (Å²) in [6.07, 6.45) is 3.25. The number of nitrogens with zero attached hydrogens (tertiary/aromatic N) is 5. The van der Waals surface area contributed by atoms with Crippen molar-refractivity contribution in [1.29, 1.82) is 0 Å². The molecule has 0 bridgehead atoms. The van der Waals surface area contributed by atoms with E-state index in [1.54, 1.807) is 36.7 Å². The zero-order valence-corrected chi connectivity index (χ0v) is 10.7. The van der Waals surface area contributed by atoms with Gasteiger partial charge < -0.3 is 5.32 Å². The highest BCUT2D eigenvalue weighted by Crippen LogP contribution is 2.15. The smallest absolute Gasteiger partial charge is 0.270 e. The van der Waals surface area contributed by atoms with E-state index in [0.717, 1.165) is 0 Å². The van der Waals surface area contributed by atoms with Gasteiger partial charge in [0.1, 0.15) is 0 Å². The average Bonchev–Trinajstić information content (AvgIpc) is 3.01. The molecule has 0 saturated carbocycles. The van der Waals surface area contributed by atoms with Gasteiger partial charge in [0, 0.05) is 23.6 Å². The topological polar surface area (TPSA) is 121 Å². The van der Waals surface area contributed by atoms with Crippen LogP contribution in [-0.2, 0) is 0 Å². The molecule has 1 amide bonds. The number of tetrazole rings is 1. The van der Waals surface area contributed by atoms with Crippen LogP contribution >= 0.6 is 0 Å². The first-order valence-electron chi connectivity index (χ1n) is 6.00. The monoisotopic (exact) mass is 282 g/mol. The number of anilines is 3. The molecule has 0 saturated heterocycles. The number of hydrogen-bond acceptors (Lipinski definition) is 7. The molecule has 0 radical (unpaired) electrons. The summed E-state index contributed by atoms with van der Waals surface area (Å²) in [4.78, 5) is 20.1. The maximum absolute atomic E-state index is 12.0. The summed E-state index contributed by atoms with van der Waals surface area (Å²) in [5, 5.41) is 18.5. The van der Waals surface area contributed by atoms with Gasteiger partial charge >= 0.3 is 0 Å². The highest BCUT2D eigenvalue weighted by atomic mass is 16.1. The summed E-state index contributed by atoms with van der Waals surface area (Å²) in [7, 11) is 0. The number of hydrogen-bond donors (Lipinski definition) is 3. The quantitative estimate of drug-likeness (QED) is 0.652. The molecule has 0 atom stereocenters. The van der Waals surface area contributed by atoms with Crippen molar-refractivity contribution in [2.45, 2.75) is 0 Å². The van der Waals surface area contributed by atoms with Gasteiger partial charge in [-0.15, -0.1) is 5.10 Å². The van der Waals surface area contributed by atoms with Crippen molar-refractivity contribution in [3.8, 4) is 0 Å². The molecule has 0 aliphatic carbocycles. The van der Waals surface area contributed by atoms with Gasteiger partial charge in [0.25, 0.3) is 11.9 Å². The number of benzene rings is 1. The van der Waals surface area contributed by atoms with Crippen LogP contribution in [0.1, 0.15) is 10.4 Å². The van der Waals surface area contributed by atoms with Gasteiger partial charge in [-0.1, -0.05) is 11.2 Å². The van der Waals surface area contributed by atoms with Crippen LogP contribution in [0.3, 0.4) is 0 Å². The van der Waals surface area contributed by atoms with E-state index in [9.17, 15) is 4.79 Å². The standard InChI is InChI=1S/C12H10N8O/c21-10(16-12-17-19-20-18-12)8-3-1-4-9(7-8)15-11-13-5-2-6-14-11/h1-7H,(H,13,14,15)(H2,16,17,18,19,20,21). The molecule has 3 aromatic rings. The number of rotatable bonds is 4. The van der Waals surface area contributed by atoms with Gasteiger partial charge in [-0.25, -0.2) is 9.97 Å². The predicted octanol–water partition coefficient (Wildman–Crippen LogP) is 0.986. The van der Waals surface area contributed by atoms with Crippen molar-refractivity contribution in [2.24, 2.45) is 0 Å². The van der Waals surface area contributed by atoms with Crippen molar-refractivity contribution in [3.05, 3.63) is 48.3 Å². The summed E-state index contributed by atoms with van der Waals surface area (Å²) >= 11 is 0. The van der Waals surface area contributed by atoms with E-state index in [1.165, 1.54) is 0 Å². The fraction of sp³-hybridized carbons (Fsp3) is 0. The Bertz CT molecular complexity index is 728. The van der Waals surface area contributed by atoms with E-state index in [-0.39, 0.29) is 11.9 Å². The highest BCUT2D eigenvalue weighted by molar-refractivity contribution is 6.03. The van der Waals surface area contributed by atoms with Crippen LogP contribution in [-0.4, -0.2) is 36.5 Å². The molecular formula is C12H10N8O. The van der Waals surface area contributed by atoms with E-state index in [4.69, 9.17) is 0 Å². The lowest BCUT2D eigenvalue weighted by Crippen LogP contribution is -2.13. The van der Waals surface area contributed by atoms with Gasteiger partial charge in [-0.3, -0.25) is 10.1 Å². The Kier molecular flexibility index (Phi) is 3.46. The molecule has 21 heavy (non-hydrogen) atoms. The highest BCUT2D eigenvalue weighted by Gasteiger charge is 2.09. The maximum Gasteiger partial charge on any atom is 0.270 e. The molecular weight excluding hydrogens is 272 g/mol. The van der Waals surface area contributed by atoms with Crippen molar-refractivity contribution < 1.29 is 4.79 Å². The molecule has 0 fully saturated rings. The Morgan fingerprint density at radius 2 is 1.95 bits per heavy atom. The molecule has 3 N–H and O–H groups in total. The third-order valence-corrected chi connectivity index (χ3v) is 2.52. The van der Waals surface area contributed by atoms with E-state index in [1.807, 2.05) is 6.07 Å². The lowest BCUT2D eigenvalue weighted by atomic mass is 10.2. The minimum absolute atomic E-state index is 0.116. The van der Waals surface area contributed by atoms with Crippen LogP contribution in [0.15, 0.2) is 42.7 Å². The van der Waals surface area contributed by atoms with Crippen LogP contribution in [0.4, 0.5) is 17.6 Å². The molecule has 9 nitrogen and oxygen atoms in total. The minimum atomic E-state index is -0.339. The van der Waals surface area contributed by atoms with Gasteiger partial charge in [-0.2, -0.15) is 5.21 Å². The zero-order valence-electron chi connectivity index (χ0n) is 10.7. The zero-order chi connectivity index (χ0) is 14.5. The first-order valence-corrected chi connectivity index (χ1v) is 6.00. The molecule has 104 valence electrons. The summed E-state index contributed by atoms with van der Waals surface area (Å²) in [6.45, 7) is 0. The number of H-pyrrole nitrogens is 1. The van der Waals surface area contributed by atoms with Crippen molar-refractivity contribution in [1.82, 2.24) is 30.6 Å². The minimum Gasteiger partial charge on any atom is -0.324 e. The Morgan fingerprint density at radius 3 is 2.71 bits per heavy atom. The Balaban J connectivity index is 1.75. The second kappa shape index (κ2) is 5.74. The fourth-order valence-corrected chi connectivity index (χ4v) is 1.62. The molecule has 2 heterocycles. The molecule has 9 heteroatoms. The second-order valence-corrected chi connectivity index (χ2v) is 3.97. The van der Waals surface area contributed by atoms with E-state index >= 15 is 0 Å². The predicted molar refractivity (Wildman–Crippen MR) is 73.9 cm³/mol. The summed E-state index contributed by atoms with van der Waals surface area (Å²) in [5.41, 5.74) is 1.14. The van der Waals surface area contributed by atoms with E-state index in [2.05, 4.69) is 41.2 Å². The van der Waals surface area contributed by atoms with Crippen molar-refractivity contribution >= 4 is 23.5 Å². The molecule has 0 aliphatic rings. The molecule has 3 rings (SSSR count). The summed E-state index contributed by atoms with van der Waals surface area (Å²) in [5.74, 6) is 0.229. The number of amides is 1. The third-order valence-electron chi connectivity index (χ3n) is 2.52. The van der Waals surface area contributed by atoms with Crippen LogP contribution in [0.2, 0.25) is 0 Å². The maximum atomic E-state index is 12.0. The number of nitrogens with one attached hydrogen (secondary N) is 3. The molecule has 0 unspecified atom stereocenters. The Labute approximate surface area is 118 Å². The number of carbonyl (C=O) groups is 1. The number of carbonyl (C=O) groups excluding carboxylic acids is 1. The van der Waals surface area contributed by atoms with Crippen molar-refractivity contribution in [3.63, 3.8) is 0 Å². The first-order chi connectivity index (χ1) is 10.3. The number of aromatic amines is 1. The third kappa shape index (κ3) is 3.15. The Morgan fingerprint density at radius 1 is 1.10 bits per heavy atom. The SMILES string of the molecule is O=C(Nc1nn[nH]n1)c1cccc(Nc2ncccn2)c1. The Hall–Kier alpha value is -3.36. The first kappa shape index (κ1) is 12.7.